The van der Waals surface area contributed by atoms with E-state index in [1.807, 2.05) is 6.92 Å². The second-order valence-corrected chi connectivity index (χ2v) is 3.45. The number of hydrogen-bond acceptors (Lipinski definition) is 2. The molecule has 0 spiro atoms. The molecule has 0 saturated carbocycles. The van der Waals surface area contributed by atoms with Gasteiger partial charge >= 0.3 is 0 Å². The number of phenols is 1. The smallest absolute Gasteiger partial charge is 0.120 e. The van der Waals surface area contributed by atoms with Gasteiger partial charge in [0.15, 0.2) is 0 Å². The Labute approximate surface area is 88.9 Å². The van der Waals surface area contributed by atoms with Gasteiger partial charge in [-0.3, -0.25) is 5.32 Å². The molecule has 3 heteroatoms. The van der Waals surface area contributed by atoms with Gasteiger partial charge < -0.3 is 5.11 Å². The van der Waals surface area contributed by atoms with Gasteiger partial charge in [-0.2, -0.15) is 0 Å². The van der Waals surface area contributed by atoms with Gasteiger partial charge in [0.1, 0.15) is 5.75 Å². The average Bonchev–Trinajstić information content (AvgIpc) is 2.18. The molecule has 1 rings (SSSR count). The zero-order valence-electron chi connectivity index (χ0n) is 7.92. The SMILES string of the molecule is C#CCNC(C)c1cc(Cl)ccc1O. The first kappa shape index (κ1) is 10.9. The van der Waals surface area contributed by atoms with Crippen LogP contribution in [0.5, 0.6) is 5.75 Å². The summed E-state index contributed by atoms with van der Waals surface area (Å²) in [5.74, 6) is 2.70. The molecule has 14 heavy (non-hydrogen) atoms. The van der Waals surface area contributed by atoms with Crippen LogP contribution in [0.3, 0.4) is 0 Å². The van der Waals surface area contributed by atoms with Gasteiger partial charge in [-0.15, -0.1) is 6.42 Å². The van der Waals surface area contributed by atoms with Gasteiger partial charge in [-0.1, -0.05) is 17.5 Å². The maximum Gasteiger partial charge on any atom is 0.120 e. The Kier molecular flexibility index (Phi) is 3.82. The first-order valence-electron chi connectivity index (χ1n) is 4.30. The van der Waals surface area contributed by atoms with Crippen LogP contribution in [-0.2, 0) is 0 Å². The average molecular weight is 210 g/mol. The summed E-state index contributed by atoms with van der Waals surface area (Å²) < 4.78 is 0. The lowest BCUT2D eigenvalue weighted by molar-refractivity contribution is 0.456. The van der Waals surface area contributed by atoms with Crippen LogP contribution >= 0.6 is 11.6 Å². The van der Waals surface area contributed by atoms with Crippen molar-refractivity contribution >= 4 is 11.6 Å². The summed E-state index contributed by atoms with van der Waals surface area (Å²) in [6.45, 7) is 2.38. The number of phenolic OH excluding ortho intramolecular Hbond substituents is 1. The molecule has 2 nitrogen and oxygen atoms in total. The Hall–Kier alpha value is -1.17. The van der Waals surface area contributed by atoms with Crippen LogP contribution < -0.4 is 5.32 Å². The second-order valence-electron chi connectivity index (χ2n) is 3.01. The summed E-state index contributed by atoms with van der Waals surface area (Å²) in [6.07, 6.45) is 5.12. The molecule has 1 unspecified atom stereocenters. The molecule has 0 radical (unpaired) electrons. The molecular weight excluding hydrogens is 198 g/mol. The lowest BCUT2D eigenvalue weighted by atomic mass is 10.1. The molecular formula is C11H12ClNO. The van der Waals surface area contributed by atoms with E-state index >= 15 is 0 Å². The van der Waals surface area contributed by atoms with Crippen LogP contribution in [0.4, 0.5) is 0 Å². The predicted molar refractivity (Wildman–Crippen MR) is 58.4 cm³/mol. The van der Waals surface area contributed by atoms with Gasteiger partial charge in [-0.25, -0.2) is 0 Å². The Morgan fingerprint density at radius 1 is 1.64 bits per heavy atom. The number of rotatable bonds is 3. The third-order valence-corrected chi connectivity index (χ3v) is 2.20. The highest BCUT2D eigenvalue weighted by Crippen LogP contribution is 2.26. The molecule has 0 aromatic heterocycles. The normalized spacial score (nSPS) is 12.1. The van der Waals surface area contributed by atoms with E-state index in [1.54, 1.807) is 18.2 Å². The summed E-state index contributed by atoms with van der Waals surface area (Å²) >= 11 is 5.82. The minimum absolute atomic E-state index is 0.00949. The van der Waals surface area contributed by atoms with Crippen molar-refractivity contribution in [3.05, 3.63) is 28.8 Å². The summed E-state index contributed by atoms with van der Waals surface area (Å²) in [6, 6.07) is 4.94. The summed E-state index contributed by atoms with van der Waals surface area (Å²) in [5, 5.41) is 13.2. The number of nitrogens with one attached hydrogen (secondary N) is 1. The third kappa shape index (κ3) is 2.66. The van der Waals surface area contributed by atoms with E-state index in [4.69, 9.17) is 18.0 Å². The van der Waals surface area contributed by atoms with Crippen LogP contribution in [0, 0.1) is 12.3 Å². The monoisotopic (exact) mass is 209 g/mol. The minimum Gasteiger partial charge on any atom is -0.508 e. The van der Waals surface area contributed by atoms with E-state index < -0.39 is 0 Å². The van der Waals surface area contributed by atoms with Crippen molar-refractivity contribution in [3.63, 3.8) is 0 Å². The highest BCUT2D eigenvalue weighted by molar-refractivity contribution is 6.30. The maximum atomic E-state index is 9.55. The molecule has 0 heterocycles. The summed E-state index contributed by atoms with van der Waals surface area (Å²) in [5.41, 5.74) is 0.757. The number of benzene rings is 1. The topological polar surface area (TPSA) is 32.3 Å². The zero-order chi connectivity index (χ0) is 10.6. The maximum absolute atomic E-state index is 9.55. The van der Waals surface area contributed by atoms with Gasteiger partial charge in [0, 0.05) is 16.6 Å². The summed E-state index contributed by atoms with van der Waals surface area (Å²) in [4.78, 5) is 0. The number of aromatic hydroxyl groups is 1. The van der Waals surface area contributed by atoms with E-state index in [1.165, 1.54) is 0 Å². The number of hydrogen-bond donors (Lipinski definition) is 2. The van der Waals surface area contributed by atoms with Crippen LogP contribution in [-0.4, -0.2) is 11.7 Å². The van der Waals surface area contributed by atoms with Gasteiger partial charge in [-0.05, 0) is 25.1 Å². The fourth-order valence-electron chi connectivity index (χ4n) is 1.19. The van der Waals surface area contributed by atoms with Crippen LogP contribution in [0.2, 0.25) is 5.02 Å². The molecule has 1 aromatic rings. The van der Waals surface area contributed by atoms with Crippen molar-refractivity contribution in [1.82, 2.24) is 5.32 Å². The first-order valence-corrected chi connectivity index (χ1v) is 4.68. The van der Waals surface area contributed by atoms with Crippen LogP contribution in [0.15, 0.2) is 18.2 Å². The van der Waals surface area contributed by atoms with Crippen molar-refractivity contribution in [2.24, 2.45) is 0 Å². The Morgan fingerprint density at radius 3 is 3.00 bits per heavy atom. The van der Waals surface area contributed by atoms with Crippen molar-refractivity contribution in [2.75, 3.05) is 6.54 Å². The molecule has 0 saturated heterocycles. The fourth-order valence-corrected chi connectivity index (χ4v) is 1.37. The molecule has 0 fully saturated rings. The Morgan fingerprint density at radius 2 is 2.36 bits per heavy atom. The third-order valence-electron chi connectivity index (χ3n) is 1.97. The van der Waals surface area contributed by atoms with Crippen molar-refractivity contribution in [1.29, 1.82) is 0 Å². The Balaban J connectivity index is 2.83. The van der Waals surface area contributed by atoms with Crippen LogP contribution in [0.1, 0.15) is 18.5 Å². The largest absolute Gasteiger partial charge is 0.508 e. The van der Waals surface area contributed by atoms with E-state index in [-0.39, 0.29) is 11.8 Å². The van der Waals surface area contributed by atoms with Gasteiger partial charge in [0.05, 0.1) is 6.54 Å². The Bertz CT molecular complexity index is 357. The van der Waals surface area contributed by atoms with Gasteiger partial charge in [0.2, 0.25) is 0 Å². The highest BCUT2D eigenvalue weighted by atomic mass is 35.5. The molecule has 0 bridgehead atoms. The molecule has 0 aliphatic carbocycles. The quantitative estimate of drug-likeness (QED) is 0.749. The van der Waals surface area contributed by atoms with E-state index in [2.05, 4.69) is 11.2 Å². The fraction of sp³-hybridized carbons (Fsp3) is 0.273. The molecule has 0 aliphatic heterocycles. The van der Waals surface area contributed by atoms with Crippen molar-refractivity contribution in [2.45, 2.75) is 13.0 Å². The van der Waals surface area contributed by atoms with E-state index in [0.29, 0.717) is 11.6 Å². The van der Waals surface area contributed by atoms with E-state index in [0.717, 1.165) is 5.56 Å². The minimum atomic E-state index is -0.00949. The number of terminal acetylenes is 1. The lowest BCUT2D eigenvalue weighted by Crippen LogP contribution is -2.18. The highest BCUT2D eigenvalue weighted by Gasteiger charge is 2.09. The molecule has 0 aliphatic rings. The van der Waals surface area contributed by atoms with Crippen molar-refractivity contribution < 1.29 is 5.11 Å². The van der Waals surface area contributed by atoms with Gasteiger partial charge in [0.25, 0.3) is 0 Å². The van der Waals surface area contributed by atoms with E-state index in [9.17, 15) is 5.11 Å². The zero-order valence-corrected chi connectivity index (χ0v) is 8.67. The molecule has 0 amide bonds. The molecule has 1 aromatic carbocycles. The summed E-state index contributed by atoms with van der Waals surface area (Å²) in [7, 11) is 0. The lowest BCUT2D eigenvalue weighted by Gasteiger charge is -2.13. The predicted octanol–water partition coefficient (Wildman–Crippen LogP) is 2.33. The van der Waals surface area contributed by atoms with Crippen molar-refractivity contribution in [3.8, 4) is 18.1 Å². The second kappa shape index (κ2) is 4.90. The molecule has 74 valence electrons. The molecule has 2 N–H and O–H groups in total. The van der Waals surface area contributed by atoms with Crippen LogP contribution in [0.25, 0.3) is 0 Å². The number of halogens is 1. The molecule has 1 atom stereocenters. The first-order chi connectivity index (χ1) is 6.65. The standard InChI is InChI=1S/C11H12ClNO/c1-3-6-13-8(2)10-7-9(12)4-5-11(10)14/h1,4-5,7-8,13-14H,6H2,2H3.